The fraction of sp³-hybridized carbons (Fsp3) is 0. The van der Waals surface area contributed by atoms with Crippen molar-refractivity contribution in [3.8, 4) is 58.0 Å². The van der Waals surface area contributed by atoms with Crippen molar-refractivity contribution in [2.24, 2.45) is 0 Å². The van der Waals surface area contributed by atoms with Gasteiger partial charge in [-0.05, 0) is 48.5 Å². The van der Waals surface area contributed by atoms with Crippen LogP contribution in [0.4, 0.5) is 0 Å². The van der Waals surface area contributed by atoms with Gasteiger partial charge in [-0.1, -0.05) is 54.6 Å². The van der Waals surface area contributed by atoms with Crippen molar-refractivity contribution in [2.75, 3.05) is 0 Å². The van der Waals surface area contributed by atoms with E-state index in [1.807, 2.05) is 66.7 Å². The van der Waals surface area contributed by atoms with E-state index in [0.29, 0.717) is 50.4 Å². The van der Waals surface area contributed by atoms with Gasteiger partial charge in [0.2, 0.25) is 0 Å². The maximum atomic E-state index is 10.4. The summed E-state index contributed by atoms with van der Waals surface area (Å²) in [6.07, 6.45) is 0. The fourth-order valence-electron chi connectivity index (χ4n) is 5.45. The van der Waals surface area contributed by atoms with Gasteiger partial charge < -0.3 is 0 Å². The minimum Gasteiger partial charge on any atom is -0.247 e. The van der Waals surface area contributed by atoms with Gasteiger partial charge in [0.05, 0.1) is 68.6 Å². The van der Waals surface area contributed by atoms with E-state index in [1.54, 1.807) is 36.4 Å². The van der Waals surface area contributed by atoms with Gasteiger partial charge >= 0.3 is 0 Å². The number of nitriles is 4. The number of hydrogen-bond acceptors (Lipinski definition) is 7. The van der Waals surface area contributed by atoms with Gasteiger partial charge in [0.15, 0.2) is 0 Å². The molecule has 0 bridgehead atoms. The summed E-state index contributed by atoms with van der Waals surface area (Å²) in [4.78, 5) is 15.3. The molecule has 0 N–H and O–H groups in total. The van der Waals surface area contributed by atoms with E-state index in [0.717, 1.165) is 38.4 Å². The zero-order chi connectivity index (χ0) is 30.2. The Balaban J connectivity index is 1.64. The Labute approximate surface area is 251 Å². The molecular weight excluding hydrogens is 542 g/mol. The minimum atomic E-state index is 0.341. The monoisotopic (exact) mass is 559 g/mol. The van der Waals surface area contributed by atoms with Crippen molar-refractivity contribution < 1.29 is 0 Å². The highest BCUT2D eigenvalue weighted by Crippen LogP contribution is 2.40. The first-order valence-corrected chi connectivity index (χ1v) is 13.6. The topological polar surface area (TPSA) is 134 Å². The summed E-state index contributed by atoms with van der Waals surface area (Å²) in [6, 6.07) is 39.8. The molecule has 0 aliphatic carbocycles. The molecule has 5 aromatic carbocycles. The van der Waals surface area contributed by atoms with Crippen molar-refractivity contribution in [3.63, 3.8) is 0 Å². The lowest BCUT2D eigenvalue weighted by Crippen LogP contribution is -2.00. The average molecular weight is 560 g/mol. The Morgan fingerprint density at radius 3 is 1.41 bits per heavy atom. The highest BCUT2D eigenvalue weighted by Gasteiger charge is 2.21. The molecule has 0 fully saturated rings. The summed E-state index contributed by atoms with van der Waals surface area (Å²) in [7, 11) is 0. The summed E-state index contributed by atoms with van der Waals surface area (Å²) in [5, 5.41) is 40.8. The lowest BCUT2D eigenvalue weighted by molar-refractivity contribution is 1.29. The molecule has 7 nitrogen and oxygen atoms in total. The molecule has 0 spiro atoms. The van der Waals surface area contributed by atoms with E-state index in [2.05, 4.69) is 24.3 Å². The Morgan fingerprint density at radius 2 is 0.909 bits per heavy atom. The van der Waals surface area contributed by atoms with Crippen molar-refractivity contribution in [1.82, 2.24) is 15.0 Å². The SMILES string of the molecule is N#Cc1ccc(-c2nc3c(C#N)cc4c(-c5ccc(C#N)cc5)nc5ccccc5c4c3nc2-c2ccc(C#N)cc2)cc1. The molecule has 7 rings (SSSR count). The molecule has 7 aromatic rings. The van der Waals surface area contributed by atoms with Gasteiger partial charge in [-0.15, -0.1) is 0 Å². The van der Waals surface area contributed by atoms with Gasteiger partial charge in [-0.2, -0.15) is 21.0 Å². The number of pyridine rings is 1. The summed E-state index contributed by atoms with van der Waals surface area (Å²) in [5.41, 5.74) is 7.73. The van der Waals surface area contributed by atoms with E-state index < -0.39 is 0 Å². The fourth-order valence-corrected chi connectivity index (χ4v) is 5.45. The van der Waals surface area contributed by atoms with Gasteiger partial charge in [-0.3, -0.25) is 0 Å². The molecule has 44 heavy (non-hydrogen) atoms. The third-order valence-corrected chi connectivity index (χ3v) is 7.59. The molecule has 0 atom stereocenters. The van der Waals surface area contributed by atoms with Crippen LogP contribution >= 0.6 is 0 Å². The Hall–Kier alpha value is -6.93. The predicted molar refractivity (Wildman–Crippen MR) is 168 cm³/mol. The highest BCUT2D eigenvalue weighted by molar-refractivity contribution is 6.22. The summed E-state index contributed by atoms with van der Waals surface area (Å²) in [5.74, 6) is 0. The molecule has 0 saturated carbocycles. The third-order valence-electron chi connectivity index (χ3n) is 7.59. The maximum absolute atomic E-state index is 10.4. The molecular formula is C37H17N7. The second kappa shape index (κ2) is 10.5. The Kier molecular flexibility index (Phi) is 6.19. The zero-order valence-corrected chi connectivity index (χ0v) is 22.9. The second-order valence-electron chi connectivity index (χ2n) is 10.1. The van der Waals surface area contributed by atoms with Crippen LogP contribution in [0.1, 0.15) is 22.3 Å². The molecule has 0 amide bonds. The summed E-state index contributed by atoms with van der Waals surface area (Å²) >= 11 is 0. The molecule has 2 heterocycles. The number of hydrogen-bond donors (Lipinski definition) is 0. The van der Waals surface area contributed by atoms with Crippen molar-refractivity contribution in [3.05, 3.63) is 125 Å². The molecule has 0 unspecified atom stereocenters. The number of aromatic nitrogens is 3. The van der Waals surface area contributed by atoms with Gasteiger partial charge in [0.25, 0.3) is 0 Å². The van der Waals surface area contributed by atoms with Crippen LogP contribution in [0.25, 0.3) is 66.5 Å². The number of rotatable bonds is 3. The smallest absolute Gasteiger partial charge is 0.108 e. The number of para-hydroxylation sites is 1. The van der Waals surface area contributed by atoms with Gasteiger partial charge in [-0.25, -0.2) is 15.0 Å². The zero-order valence-electron chi connectivity index (χ0n) is 22.9. The van der Waals surface area contributed by atoms with Crippen LogP contribution in [0.5, 0.6) is 0 Å². The second-order valence-corrected chi connectivity index (χ2v) is 10.1. The largest absolute Gasteiger partial charge is 0.247 e. The maximum Gasteiger partial charge on any atom is 0.108 e. The van der Waals surface area contributed by atoms with Gasteiger partial charge in [0, 0.05) is 32.8 Å². The molecule has 0 saturated heterocycles. The lowest BCUT2D eigenvalue weighted by Gasteiger charge is -2.16. The van der Waals surface area contributed by atoms with E-state index in [-0.39, 0.29) is 0 Å². The molecule has 2 aromatic heterocycles. The first-order valence-electron chi connectivity index (χ1n) is 13.6. The van der Waals surface area contributed by atoms with Crippen LogP contribution in [0.3, 0.4) is 0 Å². The lowest BCUT2D eigenvalue weighted by atomic mass is 9.95. The third kappa shape index (κ3) is 4.23. The van der Waals surface area contributed by atoms with Crippen LogP contribution in [0.2, 0.25) is 0 Å². The van der Waals surface area contributed by atoms with Crippen LogP contribution in [-0.2, 0) is 0 Å². The molecule has 0 aliphatic heterocycles. The van der Waals surface area contributed by atoms with Gasteiger partial charge in [0.1, 0.15) is 11.6 Å². The van der Waals surface area contributed by atoms with E-state index in [1.165, 1.54) is 0 Å². The highest BCUT2D eigenvalue weighted by atomic mass is 14.8. The van der Waals surface area contributed by atoms with E-state index in [9.17, 15) is 21.0 Å². The number of fused-ring (bicyclic) bond motifs is 5. The molecule has 0 radical (unpaired) electrons. The number of nitrogens with zero attached hydrogens (tertiary/aromatic N) is 7. The molecule has 200 valence electrons. The quantitative estimate of drug-likeness (QED) is 0.201. The van der Waals surface area contributed by atoms with Crippen molar-refractivity contribution in [1.29, 1.82) is 21.0 Å². The first-order chi connectivity index (χ1) is 21.6. The first kappa shape index (κ1) is 26.0. The van der Waals surface area contributed by atoms with Crippen molar-refractivity contribution >= 4 is 32.7 Å². The van der Waals surface area contributed by atoms with Crippen LogP contribution in [-0.4, -0.2) is 15.0 Å². The minimum absolute atomic E-state index is 0.341. The summed E-state index contributed by atoms with van der Waals surface area (Å²) in [6.45, 7) is 0. The van der Waals surface area contributed by atoms with E-state index >= 15 is 0 Å². The van der Waals surface area contributed by atoms with E-state index in [4.69, 9.17) is 15.0 Å². The van der Waals surface area contributed by atoms with Crippen LogP contribution in [0, 0.1) is 45.3 Å². The molecule has 7 heteroatoms. The number of benzene rings is 5. The Morgan fingerprint density at radius 1 is 0.432 bits per heavy atom. The average Bonchev–Trinajstić information content (AvgIpc) is 3.10. The van der Waals surface area contributed by atoms with Crippen molar-refractivity contribution in [2.45, 2.75) is 0 Å². The van der Waals surface area contributed by atoms with Crippen LogP contribution in [0.15, 0.2) is 103 Å². The summed E-state index contributed by atoms with van der Waals surface area (Å²) < 4.78 is 0. The normalized spacial score (nSPS) is 10.6. The molecule has 0 aliphatic rings. The van der Waals surface area contributed by atoms with Crippen LogP contribution < -0.4 is 0 Å². The predicted octanol–water partition coefficient (Wildman–Crippen LogP) is 7.82. The Bertz CT molecular complexity index is 2450. The standard InChI is InChI=1S/C37H17N7/c38-18-22-5-11-25(12-6-22)33-30-17-28(21-41)36-37(32(30)29-3-1-2-4-31(29)42-33)44-35(27-15-9-24(20-40)10-16-27)34(43-36)26-13-7-23(19-39)8-14-26/h1-17H.